The number of hydrogen-bond acceptors (Lipinski definition) is 5. The maximum absolute atomic E-state index is 5.20. The molecular weight excluding hydrogens is 258 g/mol. The number of anilines is 1. The van der Waals surface area contributed by atoms with Crippen molar-refractivity contribution in [2.24, 2.45) is 0 Å². The van der Waals surface area contributed by atoms with E-state index in [1.807, 2.05) is 6.20 Å². The van der Waals surface area contributed by atoms with Gasteiger partial charge in [0.2, 0.25) is 0 Å². The lowest BCUT2D eigenvalue weighted by atomic mass is 10.2. The number of rotatable bonds is 9. The summed E-state index contributed by atoms with van der Waals surface area (Å²) >= 11 is 1.78. The number of ether oxygens (including phenoxy) is 1. The number of nitrogens with zero attached hydrogens (tertiary/aromatic N) is 2. The van der Waals surface area contributed by atoms with E-state index in [0.717, 1.165) is 31.2 Å². The molecule has 0 saturated heterocycles. The minimum Gasteiger partial charge on any atom is -0.383 e. The van der Waals surface area contributed by atoms with Gasteiger partial charge in [0, 0.05) is 36.8 Å². The second kappa shape index (κ2) is 8.51. The summed E-state index contributed by atoms with van der Waals surface area (Å²) in [6.07, 6.45) is 3.11. The van der Waals surface area contributed by atoms with Crippen LogP contribution in [0.1, 0.15) is 45.0 Å². The molecule has 0 aliphatic carbocycles. The largest absolute Gasteiger partial charge is 0.383 e. The van der Waals surface area contributed by atoms with E-state index in [0.29, 0.717) is 12.1 Å². The number of hydrogen-bond donors (Lipinski definition) is 1. The van der Waals surface area contributed by atoms with Crippen molar-refractivity contribution in [2.75, 3.05) is 31.7 Å². The van der Waals surface area contributed by atoms with E-state index in [4.69, 9.17) is 4.74 Å². The van der Waals surface area contributed by atoms with Crippen LogP contribution in [-0.4, -0.2) is 37.8 Å². The van der Waals surface area contributed by atoms with Crippen molar-refractivity contribution < 1.29 is 4.74 Å². The summed E-state index contributed by atoms with van der Waals surface area (Å²) in [5, 5.41) is 4.53. The molecule has 2 atom stereocenters. The van der Waals surface area contributed by atoms with Crippen LogP contribution in [0.15, 0.2) is 6.20 Å². The lowest BCUT2D eigenvalue weighted by Gasteiger charge is -2.27. The molecule has 4 nitrogen and oxygen atoms in total. The van der Waals surface area contributed by atoms with E-state index in [1.165, 1.54) is 4.88 Å². The van der Waals surface area contributed by atoms with Crippen molar-refractivity contribution in [3.63, 3.8) is 0 Å². The van der Waals surface area contributed by atoms with Gasteiger partial charge in [-0.15, -0.1) is 11.3 Å². The third-order valence-electron chi connectivity index (χ3n) is 3.35. The molecule has 1 rings (SSSR count). The Bertz CT molecular complexity index is 356. The van der Waals surface area contributed by atoms with Crippen LogP contribution in [0.3, 0.4) is 0 Å². The predicted molar refractivity (Wildman–Crippen MR) is 83.2 cm³/mol. The van der Waals surface area contributed by atoms with E-state index in [2.05, 4.69) is 42.9 Å². The van der Waals surface area contributed by atoms with E-state index >= 15 is 0 Å². The third kappa shape index (κ3) is 4.75. The predicted octanol–water partition coefficient (Wildman–Crippen LogP) is 3.06. The Balaban J connectivity index is 2.78. The average molecular weight is 285 g/mol. The molecule has 0 bridgehead atoms. The van der Waals surface area contributed by atoms with Gasteiger partial charge in [0.1, 0.15) is 0 Å². The Kier molecular flexibility index (Phi) is 7.34. The summed E-state index contributed by atoms with van der Waals surface area (Å²) in [6, 6.07) is 0.862. The smallest absolute Gasteiger partial charge is 0.185 e. The molecule has 0 radical (unpaired) electrons. The first-order valence-electron chi connectivity index (χ1n) is 7.08. The van der Waals surface area contributed by atoms with Crippen molar-refractivity contribution in [1.29, 1.82) is 0 Å². The van der Waals surface area contributed by atoms with Crippen LogP contribution in [0.4, 0.5) is 5.13 Å². The third-order valence-corrected chi connectivity index (χ3v) is 4.57. The van der Waals surface area contributed by atoms with Crippen LogP contribution < -0.4 is 10.2 Å². The van der Waals surface area contributed by atoms with Gasteiger partial charge in [-0.3, -0.25) is 0 Å². The highest BCUT2D eigenvalue weighted by Crippen LogP contribution is 2.28. The minimum absolute atomic E-state index is 0.373. The molecule has 0 spiro atoms. The summed E-state index contributed by atoms with van der Waals surface area (Å²) in [5.74, 6) is 0. The molecule has 0 aliphatic rings. The van der Waals surface area contributed by atoms with E-state index in [1.54, 1.807) is 18.4 Å². The minimum atomic E-state index is 0.373. The summed E-state index contributed by atoms with van der Waals surface area (Å²) in [7, 11) is 1.75. The fourth-order valence-electron chi connectivity index (χ4n) is 1.93. The van der Waals surface area contributed by atoms with Crippen LogP contribution in [0.25, 0.3) is 0 Å². The maximum atomic E-state index is 5.20. The molecule has 0 aromatic carbocycles. The SMILES string of the molecule is CCNC(C)c1cnc(N(CCOC)C(C)CC)s1. The lowest BCUT2D eigenvalue weighted by molar-refractivity contribution is 0.203. The zero-order valence-electron chi connectivity index (χ0n) is 12.8. The summed E-state index contributed by atoms with van der Waals surface area (Å²) in [4.78, 5) is 8.23. The monoisotopic (exact) mass is 285 g/mol. The topological polar surface area (TPSA) is 37.4 Å². The highest BCUT2D eigenvalue weighted by molar-refractivity contribution is 7.15. The molecular formula is C14H27N3OS. The van der Waals surface area contributed by atoms with Gasteiger partial charge >= 0.3 is 0 Å². The first-order valence-corrected chi connectivity index (χ1v) is 7.90. The molecule has 0 amide bonds. The fourth-order valence-corrected chi connectivity index (χ4v) is 3.00. The molecule has 110 valence electrons. The Morgan fingerprint density at radius 2 is 2.16 bits per heavy atom. The molecule has 5 heteroatoms. The van der Waals surface area contributed by atoms with Crippen LogP contribution in [0.2, 0.25) is 0 Å². The van der Waals surface area contributed by atoms with Gasteiger partial charge < -0.3 is 15.0 Å². The Hall–Kier alpha value is -0.650. The highest BCUT2D eigenvalue weighted by Gasteiger charge is 2.17. The van der Waals surface area contributed by atoms with Crippen molar-refractivity contribution in [3.8, 4) is 0 Å². The lowest BCUT2D eigenvalue weighted by Crippen LogP contribution is -2.35. The van der Waals surface area contributed by atoms with E-state index in [-0.39, 0.29) is 0 Å². The van der Waals surface area contributed by atoms with Gasteiger partial charge in [-0.25, -0.2) is 4.98 Å². The van der Waals surface area contributed by atoms with Crippen LogP contribution in [0.5, 0.6) is 0 Å². The molecule has 19 heavy (non-hydrogen) atoms. The molecule has 1 aromatic rings. The second-order valence-corrected chi connectivity index (χ2v) is 5.81. The standard InChI is InChI=1S/C14H27N3OS/c1-6-11(3)17(8-9-18-5)14-16-10-13(19-14)12(4)15-7-2/h10-12,15H,6-9H2,1-5H3. The van der Waals surface area contributed by atoms with Gasteiger partial charge in [-0.1, -0.05) is 13.8 Å². The van der Waals surface area contributed by atoms with Crippen molar-refractivity contribution in [2.45, 2.75) is 46.2 Å². The zero-order chi connectivity index (χ0) is 14.3. The first kappa shape index (κ1) is 16.4. The van der Waals surface area contributed by atoms with Crippen molar-refractivity contribution in [3.05, 3.63) is 11.1 Å². The molecule has 0 saturated carbocycles. The van der Waals surface area contributed by atoms with Crippen molar-refractivity contribution >= 4 is 16.5 Å². The van der Waals surface area contributed by atoms with Crippen molar-refractivity contribution in [1.82, 2.24) is 10.3 Å². The van der Waals surface area contributed by atoms with Crippen LogP contribution in [0, 0.1) is 0 Å². The van der Waals surface area contributed by atoms with Gasteiger partial charge in [0.05, 0.1) is 6.61 Å². The molecule has 2 unspecified atom stereocenters. The number of aromatic nitrogens is 1. The highest BCUT2D eigenvalue weighted by atomic mass is 32.1. The van der Waals surface area contributed by atoms with Gasteiger partial charge in [-0.05, 0) is 26.8 Å². The Morgan fingerprint density at radius 3 is 2.74 bits per heavy atom. The van der Waals surface area contributed by atoms with Crippen LogP contribution in [-0.2, 0) is 4.74 Å². The zero-order valence-corrected chi connectivity index (χ0v) is 13.6. The second-order valence-electron chi connectivity index (χ2n) is 4.77. The molecule has 0 aliphatic heterocycles. The molecule has 1 N–H and O–H groups in total. The van der Waals surface area contributed by atoms with E-state index < -0.39 is 0 Å². The number of nitrogens with one attached hydrogen (secondary N) is 1. The quantitative estimate of drug-likeness (QED) is 0.756. The Labute approximate surface area is 121 Å². The number of thiazole rings is 1. The van der Waals surface area contributed by atoms with Gasteiger partial charge in [-0.2, -0.15) is 0 Å². The molecule has 0 fully saturated rings. The first-order chi connectivity index (χ1) is 9.13. The fraction of sp³-hybridized carbons (Fsp3) is 0.786. The van der Waals surface area contributed by atoms with Gasteiger partial charge in [0.15, 0.2) is 5.13 Å². The molecule has 1 aromatic heterocycles. The Morgan fingerprint density at radius 1 is 1.42 bits per heavy atom. The average Bonchev–Trinajstić information content (AvgIpc) is 2.88. The summed E-state index contributed by atoms with van der Waals surface area (Å²) in [5.41, 5.74) is 0. The maximum Gasteiger partial charge on any atom is 0.185 e. The summed E-state index contributed by atoms with van der Waals surface area (Å²) in [6.45, 7) is 11.4. The normalized spacial score (nSPS) is 14.4. The molecule has 1 heterocycles. The number of methoxy groups -OCH3 is 1. The van der Waals surface area contributed by atoms with Gasteiger partial charge in [0.25, 0.3) is 0 Å². The van der Waals surface area contributed by atoms with E-state index in [9.17, 15) is 0 Å². The van der Waals surface area contributed by atoms with Crippen LogP contribution >= 0.6 is 11.3 Å². The summed E-state index contributed by atoms with van der Waals surface area (Å²) < 4.78 is 5.20.